The molecule has 0 aromatic heterocycles. The van der Waals surface area contributed by atoms with E-state index in [0.717, 1.165) is 19.3 Å². The highest BCUT2D eigenvalue weighted by Gasteiger charge is 2.19. The maximum absolute atomic E-state index is 12.3. The quantitative estimate of drug-likeness (QED) is 0.131. The second-order valence-corrected chi connectivity index (χ2v) is 7.68. The summed E-state index contributed by atoms with van der Waals surface area (Å²) in [4.78, 5) is 12.3. The molecule has 0 aliphatic carbocycles. The van der Waals surface area contributed by atoms with Crippen LogP contribution in [0.25, 0.3) is 0 Å². The molecule has 0 fully saturated rings. The third kappa shape index (κ3) is 11.5. The molecule has 0 amide bonds. The Morgan fingerprint density at radius 3 is 2.00 bits per heavy atom. The van der Waals surface area contributed by atoms with Crippen LogP contribution in [0.2, 0.25) is 0 Å². The van der Waals surface area contributed by atoms with E-state index in [1.807, 2.05) is 12.1 Å². The van der Waals surface area contributed by atoms with Crippen molar-refractivity contribution in [2.75, 3.05) is 0 Å². The molecule has 4 heteroatoms. The Bertz CT molecular complexity index is 487. The highest BCUT2D eigenvalue weighted by molar-refractivity contribution is 7.09. The Balaban J connectivity index is 2.28. The van der Waals surface area contributed by atoms with E-state index >= 15 is 0 Å². The molecular formula is C23H39O3P. The minimum Gasteiger partial charge on any atom is -0.425 e. The first kappa shape index (κ1) is 24.1. The molecule has 0 saturated carbocycles. The smallest absolute Gasteiger partial charge is 0.340 e. The van der Waals surface area contributed by atoms with Crippen LogP contribution in [0, 0.1) is 0 Å². The number of hydrogen-bond acceptors (Lipinski definition) is 3. The molecule has 0 aliphatic heterocycles. The Kier molecular flexibility index (Phi) is 14.4. The van der Waals surface area contributed by atoms with Crippen molar-refractivity contribution in [2.45, 2.75) is 103 Å². The van der Waals surface area contributed by atoms with Crippen LogP contribution in [0.4, 0.5) is 0 Å². The fourth-order valence-corrected chi connectivity index (χ4v) is 3.44. The fraction of sp³-hybridized carbons (Fsp3) is 0.696. The number of carbonyl (C=O) groups excluding carboxylic acids is 1. The molecular weight excluding hydrogens is 355 g/mol. The molecule has 0 heterocycles. The van der Waals surface area contributed by atoms with Gasteiger partial charge in [-0.2, -0.15) is 0 Å². The fourth-order valence-electron chi connectivity index (χ4n) is 3.19. The molecule has 1 aromatic carbocycles. The van der Waals surface area contributed by atoms with Crippen molar-refractivity contribution in [1.29, 1.82) is 0 Å². The van der Waals surface area contributed by atoms with Gasteiger partial charge in [0, 0.05) is 9.47 Å². The summed E-state index contributed by atoms with van der Waals surface area (Å²) in [5.41, 5.74) is 1.31. The summed E-state index contributed by atoms with van der Waals surface area (Å²) in [5.74, 6) is 0.297. The van der Waals surface area contributed by atoms with Crippen molar-refractivity contribution in [2.24, 2.45) is 0 Å². The van der Waals surface area contributed by atoms with Crippen molar-refractivity contribution in [3.05, 3.63) is 29.8 Å². The lowest BCUT2D eigenvalue weighted by molar-refractivity contribution is -0.142. The first-order chi connectivity index (χ1) is 13.2. The Labute approximate surface area is 168 Å². The maximum atomic E-state index is 12.3. The number of hydrogen-bond donors (Lipinski definition) is 0. The molecule has 1 aromatic rings. The van der Waals surface area contributed by atoms with Gasteiger partial charge in [-0.3, -0.25) is 0 Å². The third-order valence-electron chi connectivity index (χ3n) is 4.96. The van der Waals surface area contributed by atoms with E-state index in [2.05, 4.69) is 35.4 Å². The molecule has 27 heavy (non-hydrogen) atoms. The van der Waals surface area contributed by atoms with Crippen LogP contribution in [-0.4, -0.2) is 12.1 Å². The molecule has 0 spiro atoms. The van der Waals surface area contributed by atoms with E-state index in [9.17, 15) is 4.79 Å². The number of benzene rings is 1. The number of esters is 1. The first-order valence-electron chi connectivity index (χ1n) is 10.9. The molecule has 0 N–H and O–H groups in total. The summed E-state index contributed by atoms with van der Waals surface area (Å²) in [6.45, 7) is 4.43. The second-order valence-electron chi connectivity index (χ2n) is 7.41. The van der Waals surface area contributed by atoms with E-state index < -0.39 is 6.10 Å². The van der Waals surface area contributed by atoms with Crippen molar-refractivity contribution in [1.82, 2.24) is 0 Å². The lowest BCUT2D eigenvalue weighted by atomic mass is 10.0. The van der Waals surface area contributed by atoms with Gasteiger partial charge in [0.1, 0.15) is 5.75 Å². The molecule has 0 aliphatic rings. The largest absolute Gasteiger partial charge is 0.425 e. The normalized spacial score (nSPS) is 12.1. The zero-order valence-corrected chi connectivity index (χ0v) is 18.5. The molecule has 0 bridgehead atoms. The van der Waals surface area contributed by atoms with E-state index in [1.165, 1.54) is 63.4 Å². The highest BCUT2D eigenvalue weighted by atomic mass is 31.0. The van der Waals surface area contributed by atoms with E-state index in [-0.39, 0.29) is 5.97 Å². The lowest BCUT2D eigenvalue weighted by Gasteiger charge is -2.14. The molecule has 1 rings (SSSR count). The van der Waals surface area contributed by atoms with Crippen LogP contribution in [0.3, 0.4) is 0 Å². The minimum atomic E-state index is -0.501. The number of rotatable bonds is 16. The van der Waals surface area contributed by atoms with Crippen molar-refractivity contribution >= 4 is 15.4 Å². The van der Waals surface area contributed by atoms with E-state index in [0.29, 0.717) is 12.2 Å². The van der Waals surface area contributed by atoms with Gasteiger partial charge in [-0.25, -0.2) is 4.79 Å². The summed E-state index contributed by atoms with van der Waals surface area (Å²) in [5, 5.41) is 0. The average molecular weight is 395 g/mol. The standard InChI is InChI=1S/C23H39O3P/c1-3-5-7-9-10-11-12-14-20-16-18-21(19-17-20)25-23(24)22(26-27)15-13-8-6-4-2/h16-19,22H,3-15,27H2,1-2H3. The van der Waals surface area contributed by atoms with Crippen molar-refractivity contribution < 1.29 is 14.1 Å². The average Bonchev–Trinajstić information content (AvgIpc) is 2.68. The lowest BCUT2D eigenvalue weighted by Crippen LogP contribution is -2.26. The number of ether oxygens (including phenoxy) is 1. The van der Waals surface area contributed by atoms with Crippen LogP contribution in [0.15, 0.2) is 24.3 Å². The SMILES string of the molecule is CCCCCCCCCc1ccc(OC(=O)C(CCCCCC)OP)cc1. The van der Waals surface area contributed by atoms with Crippen LogP contribution >= 0.6 is 9.47 Å². The van der Waals surface area contributed by atoms with Crippen molar-refractivity contribution in [3.8, 4) is 5.75 Å². The van der Waals surface area contributed by atoms with Gasteiger partial charge in [0.05, 0.1) is 0 Å². The van der Waals surface area contributed by atoms with Crippen LogP contribution in [0.5, 0.6) is 5.75 Å². The topological polar surface area (TPSA) is 35.5 Å². The predicted molar refractivity (Wildman–Crippen MR) is 117 cm³/mol. The van der Waals surface area contributed by atoms with Gasteiger partial charge < -0.3 is 9.26 Å². The predicted octanol–water partition coefficient (Wildman–Crippen LogP) is 7.03. The van der Waals surface area contributed by atoms with Crippen LogP contribution < -0.4 is 4.74 Å². The van der Waals surface area contributed by atoms with Gasteiger partial charge in [-0.1, -0.05) is 90.2 Å². The molecule has 2 unspecified atom stereocenters. The molecule has 2 atom stereocenters. The third-order valence-corrected chi connectivity index (χ3v) is 5.29. The second kappa shape index (κ2) is 16.1. The Hall–Kier alpha value is -0.920. The van der Waals surface area contributed by atoms with E-state index in [1.54, 1.807) is 0 Å². The zero-order chi connectivity index (χ0) is 19.7. The zero-order valence-electron chi connectivity index (χ0n) is 17.4. The van der Waals surface area contributed by atoms with Gasteiger partial charge in [0.25, 0.3) is 0 Å². The number of carbonyl (C=O) groups is 1. The van der Waals surface area contributed by atoms with Gasteiger partial charge in [0.2, 0.25) is 0 Å². The summed E-state index contributed by atoms with van der Waals surface area (Å²) in [6, 6.07) is 7.92. The molecule has 0 radical (unpaired) electrons. The summed E-state index contributed by atoms with van der Waals surface area (Å²) in [6.07, 6.45) is 15.1. The number of unbranched alkanes of at least 4 members (excludes halogenated alkanes) is 9. The molecule has 3 nitrogen and oxygen atoms in total. The van der Waals surface area contributed by atoms with Gasteiger partial charge >= 0.3 is 5.97 Å². The molecule has 0 saturated heterocycles. The highest BCUT2D eigenvalue weighted by Crippen LogP contribution is 2.18. The van der Waals surface area contributed by atoms with E-state index in [4.69, 9.17) is 9.26 Å². The summed E-state index contributed by atoms with van der Waals surface area (Å²) < 4.78 is 10.7. The van der Waals surface area contributed by atoms with Crippen molar-refractivity contribution in [3.63, 3.8) is 0 Å². The maximum Gasteiger partial charge on any atom is 0.340 e. The Morgan fingerprint density at radius 1 is 0.852 bits per heavy atom. The van der Waals surface area contributed by atoms with Gasteiger partial charge in [-0.15, -0.1) is 0 Å². The van der Waals surface area contributed by atoms with Gasteiger partial charge in [-0.05, 0) is 37.0 Å². The first-order valence-corrected chi connectivity index (χ1v) is 11.3. The Morgan fingerprint density at radius 2 is 1.41 bits per heavy atom. The monoisotopic (exact) mass is 394 g/mol. The van der Waals surface area contributed by atoms with Crippen LogP contribution in [-0.2, 0) is 15.7 Å². The number of aryl methyl sites for hydroxylation is 1. The minimum absolute atomic E-state index is 0.304. The van der Waals surface area contributed by atoms with Crippen LogP contribution in [0.1, 0.15) is 96.5 Å². The van der Waals surface area contributed by atoms with Gasteiger partial charge in [0.15, 0.2) is 6.10 Å². The summed E-state index contributed by atoms with van der Waals surface area (Å²) in [7, 11) is 2.20. The summed E-state index contributed by atoms with van der Waals surface area (Å²) >= 11 is 0. The molecule has 154 valence electrons.